The number of carbonyl (C=O) groups is 2. The second-order valence-corrected chi connectivity index (χ2v) is 7.41. The van der Waals surface area contributed by atoms with E-state index in [1.807, 2.05) is 43.8 Å². The molecule has 2 amide bonds. The summed E-state index contributed by atoms with van der Waals surface area (Å²) in [6.45, 7) is 6.28. The first-order valence-electron chi connectivity index (χ1n) is 9.62. The van der Waals surface area contributed by atoms with E-state index in [-0.39, 0.29) is 24.3 Å². The van der Waals surface area contributed by atoms with Gasteiger partial charge in [0.25, 0.3) is 0 Å². The van der Waals surface area contributed by atoms with E-state index in [1.54, 1.807) is 23.5 Å². The van der Waals surface area contributed by atoms with Crippen LogP contribution in [0.4, 0.5) is 0 Å². The molecule has 3 rings (SSSR count). The molecule has 1 N–H and O–H groups in total. The minimum atomic E-state index is -0.482. The summed E-state index contributed by atoms with van der Waals surface area (Å²) in [6, 6.07) is 3.40. The highest BCUT2D eigenvalue weighted by Gasteiger charge is 2.33. The number of hydrogen-bond donors (Lipinski definition) is 1. The molecule has 1 unspecified atom stereocenters. The third kappa shape index (κ3) is 4.75. The molecule has 28 heavy (non-hydrogen) atoms. The van der Waals surface area contributed by atoms with Gasteiger partial charge in [-0.1, -0.05) is 6.07 Å². The number of nitrogens with zero attached hydrogens (tertiary/aromatic N) is 5. The van der Waals surface area contributed by atoms with Crippen molar-refractivity contribution in [3.8, 4) is 0 Å². The van der Waals surface area contributed by atoms with Gasteiger partial charge in [0.2, 0.25) is 11.8 Å². The number of amides is 2. The number of carbonyl (C=O) groups excluding carboxylic acids is 2. The third-order valence-electron chi connectivity index (χ3n) is 5.09. The third-order valence-corrected chi connectivity index (χ3v) is 5.09. The first kappa shape index (κ1) is 20.0. The molecule has 0 saturated carbocycles. The van der Waals surface area contributed by atoms with Crippen molar-refractivity contribution in [1.82, 2.24) is 29.7 Å². The smallest absolute Gasteiger partial charge is 0.237 e. The summed E-state index contributed by atoms with van der Waals surface area (Å²) < 4.78 is 1.91. The van der Waals surface area contributed by atoms with Crippen LogP contribution in [0.3, 0.4) is 0 Å². The maximum Gasteiger partial charge on any atom is 0.237 e. The van der Waals surface area contributed by atoms with Crippen LogP contribution in [-0.2, 0) is 29.7 Å². The van der Waals surface area contributed by atoms with E-state index in [9.17, 15) is 9.59 Å². The maximum atomic E-state index is 13.1. The molecule has 1 fully saturated rings. The van der Waals surface area contributed by atoms with Gasteiger partial charge in [0, 0.05) is 57.5 Å². The topological polar surface area (TPSA) is 83.4 Å². The zero-order valence-corrected chi connectivity index (χ0v) is 16.7. The van der Waals surface area contributed by atoms with Crippen molar-refractivity contribution in [3.63, 3.8) is 0 Å². The van der Waals surface area contributed by atoms with Crippen LogP contribution < -0.4 is 5.32 Å². The summed E-state index contributed by atoms with van der Waals surface area (Å²) in [7, 11) is 1.91. The Hall–Kier alpha value is -2.74. The fraction of sp³-hybridized carbons (Fsp3) is 0.500. The summed E-state index contributed by atoms with van der Waals surface area (Å²) in [4.78, 5) is 38.0. The van der Waals surface area contributed by atoms with Crippen LogP contribution in [-0.4, -0.2) is 61.3 Å². The second kappa shape index (κ2) is 8.97. The van der Waals surface area contributed by atoms with E-state index in [1.165, 1.54) is 0 Å². The molecule has 0 bridgehead atoms. The van der Waals surface area contributed by atoms with E-state index in [0.717, 1.165) is 11.4 Å². The standard InChI is InChI=1S/C20H28N6O2/c1-15(2)26(14-18-22-7-9-24(18)3)19(27)11-17-20(28)23-8-10-25(17)13-16-5-4-6-21-12-16/h4-7,9,12,15,17H,8,10-11,13-14H2,1-3H3,(H,23,28). The fourth-order valence-electron chi connectivity index (χ4n) is 3.44. The lowest BCUT2D eigenvalue weighted by molar-refractivity contribution is -0.140. The first-order chi connectivity index (χ1) is 13.5. The molecule has 150 valence electrons. The predicted molar refractivity (Wildman–Crippen MR) is 105 cm³/mol. The van der Waals surface area contributed by atoms with Gasteiger partial charge in [-0.15, -0.1) is 0 Å². The lowest BCUT2D eigenvalue weighted by Gasteiger charge is -2.36. The number of rotatable bonds is 7. The Balaban J connectivity index is 1.72. The summed E-state index contributed by atoms with van der Waals surface area (Å²) >= 11 is 0. The van der Waals surface area contributed by atoms with E-state index in [0.29, 0.717) is 26.2 Å². The molecule has 8 heteroatoms. The van der Waals surface area contributed by atoms with Gasteiger partial charge in [-0.25, -0.2) is 4.98 Å². The SMILES string of the molecule is CC(C)N(Cc1nccn1C)C(=O)CC1C(=O)NCCN1Cc1cccnc1. The Morgan fingerprint density at radius 3 is 2.86 bits per heavy atom. The molecule has 1 saturated heterocycles. The maximum absolute atomic E-state index is 13.1. The van der Waals surface area contributed by atoms with Crippen LogP contribution in [0, 0.1) is 0 Å². The van der Waals surface area contributed by atoms with Gasteiger partial charge in [-0.05, 0) is 25.5 Å². The molecule has 8 nitrogen and oxygen atoms in total. The number of aromatic nitrogens is 3. The van der Waals surface area contributed by atoms with Gasteiger partial charge in [-0.3, -0.25) is 19.5 Å². The number of imidazole rings is 1. The molecule has 1 aliphatic rings. The molecule has 2 aromatic rings. The van der Waals surface area contributed by atoms with Crippen LogP contribution >= 0.6 is 0 Å². The molecule has 2 aromatic heterocycles. The minimum Gasteiger partial charge on any atom is -0.353 e. The summed E-state index contributed by atoms with van der Waals surface area (Å²) in [6.07, 6.45) is 7.26. The molecular weight excluding hydrogens is 356 g/mol. The van der Waals surface area contributed by atoms with E-state index < -0.39 is 6.04 Å². The molecule has 0 radical (unpaired) electrons. The second-order valence-electron chi connectivity index (χ2n) is 7.41. The zero-order chi connectivity index (χ0) is 20.1. The molecule has 1 aliphatic heterocycles. The predicted octanol–water partition coefficient (Wildman–Crippen LogP) is 0.943. The minimum absolute atomic E-state index is 0.0163. The van der Waals surface area contributed by atoms with Gasteiger partial charge >= 0.3 is 0 Å². The number of nitrogens with one attached hydrogen (secondary N) is 1. The highest BCUT2D eigenvalue weighted by Crippen LogP contribution is 2.17. The molecule has 3 heterocycles. The van der Waals surface area contributed by atoms with Crippen LogP contribution in [0.1, 0.15) is 31.7 Å². The van der Waals surface area contributed by atoms with E-state index in [4.69, 9.17) is 0 Å². The Labute approximate surface area is 165 Å². The largest absolute Gasteiger partial charge is 0.353 e. The Bertz CT molecular complexity index is 804. The van der Waals surface area contributed by atoms with Crippen molar-refractivity contribution in [2.45, 2.75) is 45.4 Å². The van der Waals surface area contributed by atoms with Crippen LogP contribution in [0.25, 0.3) is 0 Å². The van der Waals surface area contributed by atoms with E-state index >= 15 is 0 Å². The van der Waals surface area contributed by atoms with Gasteiger partial charge in [0.1, 0.15) is 5.82 Å². The molecule has 0 aliphatic carbocycles. The lowest BCUT2D eigenvalue weighted by atomic mass is 10.1. The van der Waals surface area contributed by atoms with Gasteiger partial charge in [-0.2, -0.15) is 0 Å². The van der Waals surface area contributed by atoms with Crippen molar-refractivity contribution in [2.24, 2.45) is 7.05 Å². The van der Waals surface area contributed by atoms with Crippen LogP contribution in [0.5, 0.6) is 0 Å². The van der Waals surface area contributed by atoms with Gasteiger partial charge in [0.15, 0.2) is 0 Å². The van der Waals surface area contributed by atoms with Crippen LogP contribution in [0.2, 0.25) is 0 Å². The van der Waals surface area contributed by atoms with Crippen molar-refractivity contribution in [3.05, 3.63) is 48.3 Å². The number of pyridine rings is 1. The average molecular weight is 384 g/mol. The summed E-state index contributed by atoms with van der Waals surface area (Å²) in [5.74, 6) is 0.683. The summed E-state index contributed by atoms with van der Waals surface area (Å²) in [5.41, 5.74) is 1.03. The average Bonchev–Trinajstić information content (AvgIpc) is 3.07. The van der Waals surface area contributed by atoms with Crippen LogP contribution in [0.15, 0.2) is 36.9 Å². The monoisotopic (exact) mass is 384 g/mol. The van der Waals surface area contributed by atoms with E-state index in [2.05, 4.69) is 20.2 Å². The van der Waals surface area contributed by atoms with Gasteiger partial charge < -0.3 is 14.8 Å². The first-order valence-corrected chi connectivity index (χ1v) is 9.62. The van der Waals surface area contributed by atoms with Crippen molar-refractivity contribution >= 4 is 11.8 Å². The highest BCUT2D eigenvalue weighted by molar-refractivity contribution is 5.89. The molecule has 0 aromatic carbocycles. The normalized spacial score (nSPS) is 17.6. The lowest BCUT2D eigenvalue weighted by Crippen LogP contribution is -2.56. The van der Waals surface area contributed by atoms with Crippen molar-refractivity contribution in [2.75, 3.05) is 13.1 Å². The molecule has 1 atom stereocenters. The number of aryl methyl sites for hydroxylation is 1. The van der Waals surface area contributed by atoms with Gasteiger partial charge in [0.05, 0.1) is 19.0 Å². The molecule has 0 spiro atoms. The quantitative estimate of drug-likeness (QED) is 0.768. The van der Waals surface area contributed by atoms with Crippen molar-refractivity contribution in [1.29, 1.82) is 0 Å². The zero-order valence-electron chi connectivity index (χ0n) is 16.7. The molecular formula is C20H28N6O2. The number of piperazine rings is 1. The summed E-state index contributed by atoms with van der Waals surface area (Å²) in [5, 5.41) is 2.89. The highest BCUT2D eigenvalue weighted by atomic mass is 16.2. The fourth-order valence-corrected chi connectivity index (χ4v) is 3.44. The van der Waals surface area contributed by atoms with Crippen molar-refractivity contribution < 1.29 is 9.59 Å². The Kier molecular flexibility index (Phi) is 6.41. The Morgan fingerprint density at radius 2 is 2.21 bits per heavy atom. The number of hydrogen-bond acceptors (Lipinski definition) is 5. The Morgan fingerprint density at radius 1 is 1.39 bits per heavy atom.